The third-order valence-corrected chi connectivity index (χ3v) is 23.5. The van der Waals surface area contributed by atoms with Gasteiger partial charge in [-0.05, 0) is 196 Å². The summed E-state index contributed by atoms with van der Waals surface area (Å²) in [4.78, 5) is 5.51. The molecule has 0 bridgehead atoms. The van der Waals surface area contributed by atoms with Crippen LogP contribution in [0, 0.1) is 0 Å². The Labute approximate surface area is 574 Å². The number of anilines is 6. The molecule has 97 heavy (non-hydrogen) atoms. The Kier molecular flexibility index (Phi) is 13.5. The summed E-state index contributed by atoms with van der Waals surface area (Å²) in [5.41, 5.74) is 27.2. The first kappa shape index (κ1) is 58.0. The fourth-order valence-corrected chi connectivity index (χ4v) is 18.7. The molecule has 4 aromatic heterocycles. The molecule has 0 atom stereocenters. The number of thiophene rings is 2. The Morgan fingerprint density at radius 3 is 1.18 bits per heavy atom. The highest BCUT2D eigenvalue weighted by molar-refractivity contribution is 7.26. The van der Waals surface area contributed by atoms with Crippen molar-refractivity contribution >= 4 is 164 Å². The topological polar surface area (TPSA) is 16.3 Å². The van der Waals surface area contributed by atoms with E-state index in [0.29, 0.717) is 0 Å². The van der Waals surface area contributed by atoms with Crippen LogP contribution in [0.4, 0.5) is 34.1 Å². The second-order valence-electron chi connectivity index (χ2n) is 28.0. The standard InChI is InChI=1S/C90H71BN4S2/c1-6-8-24-60-48-71-67-32-18-22-36-85(67)96-87(71)54-79(60)94-81-52-63(92-75-34-20-16-30-65(75)69-46-58(38-44-77(69)92)56-26-12-10-13-27-56)40-42-73(81)91-74-43-41-64(93-76-35-21-17-31-66(76)70-47-59(39-45-78(70)93)57-28-14-11-15-29-57)53-82(74)95(84-51-62(90(3,4)5)50-83(94)89(84)91)80-55-88-72(49-61(80)25-9-7-2)68-33-19-23-37-86(68)97-88/h10-23,26-55H,6-9,24-25H2,1-5H3. The maximum Gasteiger partial charge on any atom is 0.252 e. The average molecular weight is 1280 g/mol. The fourth-order valence-electron chi connectivity index (χ4n) is 16.5. The van der Waals surface area contributed by atoms with Crippen LogP contribution in [0.1, 0.15) is 77.0 Å². The van der Waals surface area contributed by atoms with Crippen LogP contribution in [-0.4, -0.2) is 15.8 Å². The minimum absolute atomic E-state index is 0.128. The second-order valence-corrected chi connectivity index (χ2v) is 30.2. The van der Waals surface area contributed by atoms with E-state index in [0.717, 1.165) is 49.9 Å². The number of unbranched alkanes of at least 4 members (excludes halogenated alkanes) is 2. The van der Waals surface area contributed by atoms with Crippen molar-refractivity contribution in [1.29, 1.82) is 0 Å². The zero-order valence-electron chi connectivity index (χ0n) is 55.3. The summed E-state index contributed by atoms with van der Waals surface area (Å²) in [5.74, 6) is 0. The number of aromatic nitrogens is 2. The monoisotopic (exact) mass is 1280 g/mol. The SMILES string of the molecule is CCCCc1cc2c(cc1N1c3cc(-n4c5ccccc5c5cc(-c6ccccc6)ccc54)ccc3B3c4ccc(-n5c6ccccc6c6cc(-c7ccccc7)ccc65)cc4N(c4cc5sc6ccccc6c5cc4CCCC)c4cc(C(C)(C)C)cc1c43)sc1ccccc12. The van der Waals surface area contributed by atoms with E-state index in [4.69, 9.17) is 0 Å². The molecular formula is C90H71BN4S2. The maximum absolute atomic E-state index is 2.76. The summed E-state index contributed by atoms with van der Waals surface area (Å²) >= 11 is 3.85. The smallest absolute Gasteiger partial charge is 0.252 e. The highest BCUT2D eigenvalue weighted by atomic mass is 32.1. The second kappa shape index (κ2) is 22.6. The van der Waals surface area contributed by atoms with E-state index in [-0.39, 0.29) is 12.1 Å². The molecule has 0 radical (unpaired) electrons. The van der Waals surface area contributed by atoms with E-state index < -0.39 is 0 Å². The van der Waals surface area contributed by atoms with Gasteiger partial charge in [0.2, 0.25) is 0 Å². The zero-order chi connectivity index (χ0) is 64.8. The lowest BCUT2D eigenvalue weighted by Gasteiger charge is -2.46. The van der Waals surface area contributed by atoms with Crippen molar-refractivity contribution in [2.75, 3.05) is 9.80 Å². The first-order valence-corrected chi connectivity index (χ1v) is 36.4. The first-order valence-electron chi connectivity index (χ1n) is 34.8. The lowest BCUT2D eigenvalue weighted by molar-refractivity contribution is 0.590. The number of rotatable bonds is 12. The van der Waals surface area contributed by atoms with Crippen molar-refractivity contribution in [3.63, 3.8) is 0 Å². The van der Waals surface area contributed by atoms with Gasteiger partial charge in [-0.25, -0.2) is 0 Å². The van der Waals surface area contributed by atoms with E-state index in [1.807, 2.05) is 22.7 Å². The van der Waals surface area contributed by atoms with Gasteiger partial charge >= 0.3 is 0 Å². The molecule has 0 amide bonds. The van der Waals surface area contributed by atoms with Crippen LogP contribution < -0.4 is 26.2 Å². The fraction of sp³-hybridized carbons (Fsp3) is 0.133. The number of nitrogens with zero attached hydrogens (tertiary/aromatic N) is 4. The number of fused-ring (bicyclic) bond motifs is 16. The van der Waals surface area contributed by atoms with E-state index in [2.05, 4.69) is 320 Å². The van der Waals surface area contributed by atoms with Crippen LogP contribution >= 0.6 is 22.7 Å². The van der Waals surface area contributed by atoms with E-state index >= 15 is 0 Å². The van der Waals surface area contributed by atoms with Gasteiger partial charge in [-0.1, -0.05) is 205 Å². The van der Waals surface area contributed by atoms with Gasteiger partial charge < -0.3 is 18.9 Å². The predicted octanol–water partition coefficient (Wildman–Crippen LogP) is 24.0. The Hall–Kier alpha value is -10.4. The molecule has 4 nitrogen and oxygen atoms in total. The number of hydrogen-bond donors (Lipinski definition) is 0. The van der Waals surface area contributed by atoms with Crippen molar-refractivity contribution < 1.29 is 0 Å². The van der Waals surface area contributed by atoms with Crippen LogP contribution in [0.25, 0.3) is 118 Å². The minimum atomic E-state index is -0.229. The van der Waals surface area contributed by atoms with E-state index in [1.54, 1.807) is 0 Å². The molecule has 0 saturated carbocycles. The Morgan fingerprint density at radius 2 is 0.732 bits per heavy atom. The van der Waals surface area contributed by atoms with Crippen LogP contribution in [0.2, 0.25) is 0 Å². The molecule has 2 aliphatic rings. The van der Waals surface area contributed by atoms with Crippen LogP contribution in [0.3, 0.4) is 0 Å². The summed E-state index contributed by atoms with van der Waals surface area (Å²) in [7, 11) is 0. The molecular weight excluding hydrogens is 1210 g/mol. The number of aryl methyl sites for hydroxylation is 2. The van der Waals surface area contributed by atoms with Crippen molar-refractivity contribution in [2.45, 2.75) is 78.6 Å². The van der Waals surface area contributed by atoms with E-state index in [1.165, 1.54) is 173 Å². The van der Waals surface area contributed by atoms with Gasteiger partial charge in [0.15, 0.2) is 0 Å². The molecule has 7 heteroatoms. The molecule has 0 aliphatic carbocycles. The molecule has 0 fully saturated rings. The third-order valence-electron chi connectivity index (χ3n) is 21.2. The number of para-hydroxylation sites is 2. The van der Waals surface area contributed by atoms with Gasteiger partial charge in [-0.3, -0.25) is 0 Å². The van der Waals surface area contributed by atoms with Gasteiger partial charge in [0, 0.05) is 96.0 Å². The third kappa shape index (κ3) is 9.15. The molecule has 13 aromatic carbocycles. The summed E-state index contributed by atoms with van der Waals surface area (Å²) in [6, 6.07) is 103. The highest BCUT2D eigenvalue weighted by Gasteiger charge is 2.45. The summed E-state index contributed by atoms with van der Waals surface area (Å²) in [6.45, 7) is 11.8. The molecule has 0 spiro atoms. The number of hydrogen-bond acceptors (Lipinski definition) is 4. The van der Waals surface area contributed by atoms with Crippen LogP contribution in [0.5, 0.6) is 0 Å². The van der Waals surface area contributed by atoms with Gasteiger partial charge in [-0.2, -0.15) is 0 Å². The van der Waals surface area contributed by atoms with Gasteiger partial charge in [0.05, 0.1) is 33.4 Å². The normalized spacial score (nSPS) is 13.0. The quantitative estimate of drug-likeness (QED) is 0.113. The van der Waals surface area contributed by atoms with E-state index in [9.17, 15) is 0 Å². The molecule has 0 N–H and O–H groups in total. The number of benzene rings is 13. The Bertz CT molecular complexity index is 5700. The summed E-state index contributed by atoms with van der Waals surface area (Å²) in [5, 5.41) is 10.3. The average Bonchev–Trinajstić information content (AvgIpc) is 1.29. The van der Waals surface area contributed by atoms with Crippen molar-refractivity contribution in [2.24, 2.45) is 0 Å². The van der Waals surface area contributed by atoms with Crippen LogP contribution in [0.15, 0.2) is 267 Å². The van der Waals surface area contributed by atoms with Crippen molar-refractivity contribution in [3.05, 3.63) is 284 Å². The van der Waals surface area contributed by atoms with Gasteiger partial charge in [0.25, 0.3) is 6.71 Å². The van der Waals surface area contributed by atoms with Crippen LogP contribution in [-0.2, 0) is 18.3 Å². The van der Waals surface area contributed by atoms with Crippen molar-refractivity contribution in [3.8, 4) is 33.6 Å². The largest absolute Gasteiger partial charge is 0.311 e. The Morgan fingerprint density at radius 1 is 0.320 bits per heavy atom. The molecule has 6 heterocycles. The maximum atomic E-state index is 2.76. The van der Waals surface area contributed by atoms with Gasteiger partial charge in [-0.15, -0.1) is 22.7 Å². The molecule has 466 valence electrons. The zero-order valence-corrected chi connectivity index (χ0v) is 57.0. The van der Waals surface area contributed by atoms with Gasteiger partial charge in [0.1, 0.15) is 0 Å². The predicted molar refractivity (Wildman–Crippen MR) is 422 cm³/mol. The summed E-state index contributed by atoms with van der Waals surface area (Å²) < 4.78 is 10.3. The molecule has 0 saturated heterocycles. The Balaban J connectivity index is 0.926. The summed E-state index contributed by atoms with van der Waals surface area (Å²) in [6.07, 6.45) is 6.29. The highest BCUT2D eigenvalue weighted by Crippen LogP contribution is 2.52. The first-order chi connectivity index (χ1) is 47.6. The molecule has 17 aromatic rings. The lowest BCUT2D eigenvalue weighted by Crippen LogP contribution is -2.61. The lowest BCUT2D eigenvalue weighted by atomic mass is 9.33. The molecule has 0 unspecified atom stereocenters. The van der Waals surface area contributed by atoms with Crippen molar-refractivity contribution in [1.82, 2.24) is 9.13 Å². The minimum Gasteiger partial charge on any atom is -0.311 e. The molecule has 19 rings (SSSR count). The molecule has 2 aliphatic heterocycles.